The minimum absolute atomic E-state index is 0.166. The molecule has 0 saturated heterocycles. The normalized spacial score (nSPS) is 26.1. The number of rotatable bonds is 10. The molecule has 39 heavy (non-hydrogen) atoms. The molecule has 4 aliphatic carbocycles. The summed E-state index contributed by atoms with van der Waals surface area (Å²) in [7, 11) is 1.63. The topological polar surface area (TPSA) is 54.0 Å². The van der Waals surface area contributed by atoms with Crippen LogP contribution in [0.1, 0.15) is 74.7 Å². The number of hydrogen-bond acceptors (Lipinski definition) is 5. The van der Waals surface area contributed by atoms with E-state index in [2.05, 4.69) is 30.3 Å². The fourth-order valence-electron chi connectivity index (χ4n) is 7.88. The zero-order valence-corrected chi connectivity index (χ0v) is 23.4. The number of carbonyl (C=O) groups is 1. The van der Waals surface area contributed by atoms with Gasteiger partial charge in [-0.25, -0.2) is 4.79 Å². The van der Waals surface area contributed by atoms with Crippen LogP contribution in [0.15, 0.2) is 54.6 Å². The van der Waals surface area contributed by atoms with Gasteiger partial charge in [0.05, 0.1) is 18.8 Å². The molecular formula is C34H40O5. The first-order valence-corrected chi connectivity index (χ1v) is 14.7. The molecular weight excluding hydrogens is 488 g/mol. The molecule has 4 bridgehead atoms. The molecule has 4 fully saturated rings. The van der Waals surface area contributed by atoms with Crippen LogP contribution in [-0.4, -0.2) is 32.8 Å². The molecule has 0 N–H and O–H groups in total. The summed E-state index contributed by atoms with van der Waals surface area (Å²) in [5.74, 6) is 3.12. The lowest BCUT2D eigenvalue weighted by molar-refractivity contribution is -0.231. The molecule has 0 amide bonds. The Kier molecular flexibility index (Phi) is 7.39. The van der Waals surface area contributed by atoms with Crippen LogP contribution in [0.25, 0.3) is 21.9 Å². The van der Waals surface area contributed by atoms with E-state index in [9.17, 15) is 4.79 Å². The Labute approximate surface area is 231 Å². The zero-order valence-electron chi connectivity index (χ0n) is 23.4. The van der Waals surface area contributed by atoms with Crippen molar-refractivity contribution in [1.82, 2.24) is 0 Å². The van der Waals surface area contributed by atoms with Crippen LogP contribution >= 0.6 is 0 Å². The SMILES string of the molecule is CCCOC(=O)c1ccc(-c2ccc3cc(OC(OC)OCC)c(C45CC6CC(CC(C6)C4)C5)cc3c2)cc1. The van der Waals surface area contributed by atoms with Gasteiger partial charge in [-0.05, 0) is 127 Å². The Balaban J connectivity index is 1.37. The van der Waals surface area contributed by atoms with Gasteiger partial charge in [-0.1, -0.05) is 31.2 Å². The summed E-state index contributed by atoms with van der Waals surface area (Å²) in [4.78, 5) is 12.2. The molecule has 7 rings (SSSR count). The molecule has 4 saturated carbocycles. The van der Waals surface area contributed by atoms with Gasteiger partial charge in [0.2, 0.25) is 0 Å². The zero-order chi connectivity index (χ0) is 27.0. The van der Waals surface area contributed by atoms with Crippen molar-refractivity contribution in [2.45, 2.75) is 70.7 Å². The average Bonchev–Trinajstić information content (AvgIpc) is 2.94. The maximum Gasteiger partial charge on any atom is 0.338 e. The van der Waals surface area contributed by atoms with Crippen molar-refractivity contribution >= 4 is 16.7 Å². The van der Waals surface area contributed by atoms with E-state index >= 15 is 0 Å². The smallest absolute Gasteiger partial charge is 0.338 e. The lowest BCUT2D eigenvalue weighted by Gasteiger charge is -2.57. The molecule has 1 atom stereocenters. The molecule has 3 aromatic rings. The second-order valence-electron chi connectivity index (χ2n) is 11.9. The molecule has 1 unspecified atom stereocenters. The van der Waals surface area contributed by atoms with Crippen LogP contribution < -0.4 is 4.74 Å². The van der Waals surface area contributed by atoms with Crippen molar-refractivity contribution in [3.63, 3.8) is 0 Å². The molecule has 0 aliphatic heterocycles. The average molecular weight is 529 g/mol. The molecule has 0 spiro atoms. The summed E-state index contributed by atoms with van der Waals surface area (Å²) >= 11 is 0. The molecule has 4 aliphatic rings. The van der Waals surface area contributed by atoms with Gasteiger partial charge in [0.25, 0.3) is 0 Å². The van der Waals surface area contributed by atoms with Gasteiger partial charge in [-0.2, -0.15) is 0 Å². The predicted octanol–water partition coefficient (Wildman–Crippen LogP) is 7.89. The maximum atomic E-state index is 12.2. The van der Waals surface area contributed by atoms with Gasteiger partial charge in [0.1, 0.15) is 5.75 Å². The summed E-state index contributed by atoms with van der Waals surface area (Å²) < 4.78 is 23.0. The summed E-state index contributed by atoms with van der Waals surface area (Å²) in [5, 5.41) is 2.34. The van der Waals surface area contributed by atoms with Gasteiger partial charge in [0, 0.05) is 12.7 Å². The second-order valence-corrected chi connectivity index (χ2v) is 11.9. The minimum Gasteiger partial charge on any atom is -0.462 e. The molecule has 0 heterocycles. The number of fused-ring (bicyclic) bond motifs is 1. The largest absolute Gasteiger partial charge is 0.462 e. The third-order valence-electron chi connectivity index (χ3n) is 9.16. The fraction of sp³-hybridized carbons (Fsp3) is 0.500. The monoisotopic (exact) mass is 528 g/mol. The van der Waals surface area contributed by atoms with Crippen LogP contribution in [0.3, 0.4) is 0 Å². The van der Waals surface area contributed by atoms with Crippen molar-refractivity contribution < 1.29 is 23.7 Å². The molecule has 0 aromatic heterocycles. The standard InChI is InChI=1S/C34H40O5/c1-4-12-38-32(35)26-8-6-25(7-9-26)27-10-11-28-18-31(39-33(36-3)37-5-2)30(17-29(28)16-27)34-19-22-13-23(20-34)15-24(14-22)21-34/h6-11,16-18,22-24,33H,4-5,12-15,19-21H2,1-3H3. The fourth-order valence-corrected chi connectivity index (χ4v) is 7.88. The van der Waals surface area contributed by atoms with E-state index in [0.717, 1.165) is 46.4 Å². The van der Waals surface area contributed by atoms with Crippen molar-refractivity contribution in [1.29, 1.82) is 0 Å². The van der Waals surface area contributed by atoms with Crippen molar-refractivity contribution in [3.8, 4) is 16.9 Å². The number of ether oxygens (including phenoxy) is 4. The van der Waals surface area contributed by atoms with E-state index in [0.29, 0.717) is 18.8 Å². The van der Waals surface area contributed by atoms with Crippen LogP contribution in [0.2, 0.25) is 0 Å². The molecule has 206 valence electrons. The third-order valence-corrected chi connectivity index (χ3v) is 9.16. The van der Waals surface area contributed by atoms with E-state index in [1.54, 1.807) is 7.11 Å². The van der Waals surface area contributed by atoms with Gasteiger partial charge in [-0.15, -0.1) is 0 Å². The first-order valence-electron chi connectivity index (χ1n) is 14.7. The lowest BCUT2D eigenvalue weighted by Crippen LogP contribution is -2.48. The number of carbonyl (C=O) groups excluding carboxylic acids is 1. The highest BCUT2D eigenvalue weighted by atomic mass is 16.8. The highest BCUT2D eigenvalue weighted by Gasteiger charge is 2.52. The van der Waals surface area contributed by atoms with E-state index in [4.69, 9.17) is 18.9 Å². The Morgan fingerprint density at radius 3 is 2.15 bits per heavy atom. The highest BCUT2D eigenvalue weighted by molar-refractivity contribution is 5.92. The molecule has 0 radical (unpaired) electrons. The lowest BCUT2D eigenvalue weighted by atomic mass is 9.48. The van der Waals surface area contributed by atoms with Gasteiger partial charge in [0.15, 0.2) is 0 Å². The van der Waals surface area contributed by atoms with Crippen LogP contribution in [0.4, 0.5) is 0 Å². The first-order chi connectivity index (χ1) is 19.0. The van der Waals surface area contributed by atoms with E-state index in [1.165, 1.54) is 49.5 Å². The third kappa shape index (κ3) is 5.19. The Morgan fingerprint density at radius 1 is 0.872 bits per heavy atom. The van der Waals surface area contributed by atoms with E-state index < -0.39 is 6.48 Å². The summed E-state index contributed by atoms with van der Waals surface area (Å²) in [6.45, 7) is 4.20. The quantitative estimate of drug-likeness (QED) is 0.198. The number of methoxy groups -OCH3 is 1. The summed E-state index contributed by atoms with van der Waals surface area (Å²) in [6.07, 6.45) is 8.77. The molecule has 3 aromatic carbocycles. The number of benzene rings is 3. The summed E-state index contributed by atoms with van der Waals surface area (Å²) in [6, 6.07) is 18.9. The van der Waals surface area contributed by atoms with Crippen LogP contribution in [-0.2, 0) is 19.6 Å². The Hall–Kier alpha value is -2.89. The predicted molar refractivity (Wildman–Crippen MR) is 153 cm³/mol. The first kappa shape index (κ1) is 26.3. The highest BCUT2D eigenvalue weighted by Crippen LogP contribution is 2.62. The Morgan fingerprint density at radius 2 is 1.54 bits per heavy atom. The second kappa shape index (κ2) is 10.9. The summed E-state index contributed by atoms with van der Waals surface area (Å²) in [5.41, 5.74) is 4.28. The molecule has 5 nitrogen and oxygen atoms in total. The van der Waals surface area contributed by atoms with Gasteiger partial charge in [-0.3, -0.25) is 0 Å². The van der Waals surface area contributed by atoms with Crippen molar-refractivity contribution in [2.75, 3.05) is 20.3 Å². The minimum atomic E-state index is -0.720. The van der Waals surface area contributed by atoms with Crippen LogP contribution in [0.5, 0.6) is 5.75 Å². The Bertz CT molecular complexity index is 1290. The van der Waals surface area contributed by atoms with Crippen LogP contribution in [0, 0.1) is 17.8 Å². The van der Waals surface area contributed by atoms with Gasteiger partial charge < -0.3 is 18.9 Å². The maximum absolute atomic E-state index is 12.2. The number of esters is 1. The van der Waals surface area contributed by atoms with Crippen molar-refractivity contribution in [3.05, 3.63) is 65.7 Å². The van der Waals surface area contributed by atoms with E-state index in [1.807, 2.05) is 38.1 Å². The van der Waals surface area contributed by atoms with E-state index in [-0.39, 0.29) is 11.4 Å². The number of hydrogen-bond donors (Lipinski definition) is 0. The molecule has 5 heteroatoms. The van der Waals surface area contributed by atoms with Gasteiger partial charge >= 0.3 is 12.4 Å². The van der Waals surface area contributed by atoms with Crippen molar-refractivity contribution in [2.24, 2.45) is 17.8 Å².